The van der Waals surface area contributed by atoms with Crippen LogP contribution in [0.5, 0.6) is 0 Å². The molecule has 0 unspecified atom stereocenters. The Labute approximate surface area is 224 Å². The van der Waals surface area contributed by atoms with E-state index in [1.807, 2.05) is 0 Å². The Hall–Kier alpha value is -2.52. The molecule has 9 N–H and O–H groups in total. The highest BCUT2D eigenvalue weighted by molar-refractivity contribution is 5.76. The average Bonchev–Trinajstić information content (AvgIpc) is 2.90. The van der Waals surface area contributed by atoms with Crippen molar-refractivity contribution in [2.45, 2.75) is 38.5 Å². The summed E-state index contributed by atoms with van der Waals surface area (Å²) in [4.78, 5) is 38.6. The number of carbonyl (C=O) groups excluding carboxylic acids is 3. The van der Waals surface area contributed by atoms with Crippen LogP contribution < -0.4 is 33.2 Å². The van der Waals surface area contributed by atoms with Crippen molar-refractivity contribution < 1.29 is 28.6 Å². The largest absolute Gasteiger partial charge is 0.380 e. The maximum absolute atomic E-state index is 11.9. The Balaban J connectivity index is 4.91. The second kappa shape index (κ2) is 24.8. The first kappa shape index (κ1) is 35.5. The van der Waals surface area contributed by atoms with Crippen LogP contribution in [0.1, 0.15) is 38.5 Å². The topological polar surface area (TPSA) is 242 Å². The van der Waals surface area contributed by atoms with Gasteiger partial charge in [-0.25, -0.2) is 0 Å². The highest BCUT2D eigenvalue weighted by atomic mass is 16.5. The molecule has 15 nitrogen and oxygen atoms in total. The molecular formula is C23H47N9O6. The summed E-state index contributed by atoms with van der Waals surface area (Å²) < 4.78 is 17.2. The van der Waals surface area contributed by atoms with Crippen molar-refractivity contribution in [1.82, 2.24) is 16.0 Å². The molecule has 0 atom stereocenters. The quantitative estimate of drug-likeness (QED) is 0.0334. The molecule has 220 valence electrons. The zero-order valence-corrected chi connectivity index (χ0v) is 22.5. The van der Waals surface area contributed by atoms with Crippen LogP contribution in [0.2, 0.25) is 0 Å². The van der Waals surface area contributed by atoms with E-state index in [1.54, 1.807) is 0 Å². The third-order valence-corrected chi connectivity index (χ3v) is 5.22. The SMILES string of the molecule is [N-]=[N+]=NCC(COCCC(=O)NCCCN)(COCCC(=O)NCCCN)COCCC(=O)NCCCN. The van der Waals surface area contributed by atoms with Crippen LogP contribution in [0.4, 0.5) is 0 Å². The van der Waals surface area contributed by atoms with Crippen molar-refractivity contribution >= 4 is 17.7 Å². The van der Waals surface area contributed by atoms with E-state index in [-0.39, 0.29) is 83.2 Å². The van der Waals surface area contributed by atoms with E-state index in [4.69, 9.17) is 36.9 Å². The molecule has 38 heavy (non-hydrogen) atoms. The number of amides is 3. The summed E-state index contributed by atoms with van der Waals surface area (Å²) in [6, 6.07) is 0. The number of nitrogens with zero attached hydrogens (tertiary/aromatic N) is 3. The van der Waals surface area contributed by atoms with Gasteiger partial charge in [0.2, 0.25) is 17.7 Å². The second-order valence-electron chi connectivity index (χ2n) is 8.77. The first-order chi connectivity index (χ1) is 18.4. The van der Waals surface area contributed by atoms with Crippen LogP contribution in [0.25, 0.3) is 10.4 Å². The van der Waals surface area contributed by atoms with Crippen molar-refractivity contribution in [3.8, 4) is 0 Å². The normalized spacial score (nSPS) is 11.0. The Bertz CT molecular complexity index is 618. The third kappa shape index (κ3) is 20.5. The molecule has 0 rings (SSSR count). The zero-order valence-electron chi connectivity index (χ0n) is 22.5. The van der Waals surface area contributed by atoms with Gasteiger partial charge in [0.05, 0.1) is 39.6 Å². The molecule has 0 aromatic heterocycles. The molecule has 0 heterocycles. The van der Waals surface area contributed by atoms with Gasteiger partial charge in [0.25, 0.3) is 0 Å². The van der Waals surface area contributed by atoms with Crippen molar-refractivity contribution in [3.63, 3.8) is 0 Å². The van der Waals surface area contributed by atoms with E-state index in [9.17, 15) is 14.4 Å². The lowest BCUT2D eigenvalue weighted by atomic mass is 9.91. The molecule has 0 saturated heterocycles. The number of rotatable bonds is 26. The number of hydrogen-bond donors (Lipinski definition) is 6. The average molecular weight is 546 g/mol. The molecule has 0 radical (unpaired) electrons. The summed E-state index contributed by atoms with van der Waals surface area (Å²) in [7, 11) is 0. The summed E-state index contributed by atoms with van der Waals surface area (Å²) in [5, 5.41) is 12.0. The minimum Gasteiger partial charge on any atom is -0.380 e. The zero-order chi connectivity index (χ0) is 28.3. The van der Waals surface area contributed by atoms with Crippen molar-refractivity contribution in [3.05, 3.63) is 10.4 Å². The molecule has 0 aliphatic carbocycles. The van der Waals surface area contributed by atoms with Crippen molar-refractivity contribution in [1.29, 1.82) is 0 Å². The minimum atomic E-state index is -0.881. The maximum Gasteiger partial charge on any atom is 0.222 e. The predicted octanol–water partition coefficient (Wildman–Crippen LogP) is -1.10. The molecule has 15 heteroatoms. The molecule has 0 bridgehead atoms. The fourth-order valence-corrected chi connectivity index (χ4v) is 3.06. The number of hydrogen-bond acceptors (Lipinski definition) is 10. The molecule has 0 aromatic rings. The van der Waals surface area contributed by atoms with Gasteiger partial charge in [-0.2, -0.15) is 0 Å². The Morgan fingerprint density at radius 3 is 1.32 bits per heavy atom. The number of carbonyl (C=O) groups is 3. The van der Waals surface area contributed by atoms with E-state index >= 15 is 0 Å². The van der Waals surface area contributed by atoms with Crippen LogP contribution >= 0.6 is 0 Å². The summed E-state index contributed by atoms with van der Waals surface area (Å²) in [6.45, 7) is 3.60. The molecule has 0 aliphatic heterocycles. The minimum absolute atomic E-state index is 0.00239. The fourth-order valence-electron chi connectivity index (χ4n) is 3.06. The second-order valence-corrected chi connectivity index (χ2v) is 8.77. The Morgan fingerprint density at radius 2 is 1.03 bits per heavy atom. The van der Waals surface area contributed by atoms with Crippen LogP contribution in [-0.4, -0.2) is 103 Å². The van der Waals surface area contributed by atoms with E-state index in [0.717, 1.165) is 0 Å². The van der Waals surface area contributed by atoms with Gasteiger partial charge in [-0.3, -0.25) is 14.4 Å². The van der Waals surface area contributed by atoms with Crippen LogP contribution in [0, 0.1) is 5.41 Å². The smallest absolute Gasteiger partial charge is 0.222 e. The molecule has 3 amide bonds. The maximum atomic E-state index is 11.9. The number of azide groups is 1. The highest BCUT2D eigenvalue weighted by Gasteiger charge is 2.31. The first-order valence-electron chi connectivity index (χ1n) is 13.1. The molecule has 0 saturated carbocycles. The van der Waals surface area contributed by atoms with E-state index in [1.165, 1.54) is 0 Å². The number of nitrogens with two attached hydrogens (primary N) is 3. The van der Waals surface area contributed by atoms with Gasteiger partial charge >= 0.3 is 0 Å². The van der Waals surface area contributed by atoms with Crippen LogP contribution in [-0.2, 0) is 28.6 Å². The van der Waals surface area contributed by atoms with Gasteiger partial charge < -0.3 is 47.4 Å². The first-order valence-corrected chi connectivity index (χ1v) is 13.1. The highest BCUT2D eigenvalue weighted by Crippen LogP contribution is 2.21. The Morgan fingerprint density at radius 1 is 0.684 bits per heavy atom. The van der Waals surface area contributed by atoms with Gasteiger partial charge in [-0.15, -0.1) is 0 Å². The molecule has 0 fully saturated rings. The predicted molar refractivity (Wildman–Crippen MR) is 143 cm³/mol. The summed E-state index contributed by atoms with van der Waals surface area (Å²) in [6.07, 6.45) is 2.51. The summed E-state index contributed by atoms with van der Waals surface area (Å²) in [5.41, 5.74) is 24.3. The lowest BCUT2D eigenvalue weighted by Gasteiger charge is -2.31. The van der Waals surface area contributed by atoms with E-state index in [2.05, 4.69) is 26.0 Å². The summed E-state index contributed by atoms with van der Waals surface area (Å²) >= 11 is 0. The molecule has 0 aliphatic rings. The van der Waals surface area contributed by atoms with E-state index in [0.29, 0.717) is 58.5 Å². The van der Waals surface area contributed by atoms with Gasteiger partial charge in [0.1, 0.15) is 0 Å². The third-order valence-electron chi connectivity index (χ3n) is 5.22. The standard InChI is InChI=1S/C23H47N9O6/c24-7-1-10-28-20(33)4-13-36-17-23(16-31-32-27,18-37-14-5-21(34)29-11-2-8-25)19-38-15-6-22(35)30-12-3-9-26/h1-19,24-26H2,(H,28,33)(H,29,34)(H,30,35). The molecular weight excluding hydrogens is 498 g/mol. The van der Waals surface area contributed by atoms with Crippen LogP contribution in [0.15, 0.2) is 5.11 Å². The monoisotopic (exact) mass is 545 g/mol. The van der Waals surface area contributed by atoms with Crippen molar-refractivity contribution in [2.24, 2.45) is 27.7 Å². The Kier molecular flexibility index (Phi) is 23.2. The summed E-state index contributed by atoms with van der Waals surface area (Å²) in [5.74, 6) is -0.478. The lowest BCUT2D eigenvalue weighted by Crippen LogP contribution is -2.41. The van der Waals surface area contributed by atoms with Gasteiger partial charge in [-0.05, 0) is 44.4 Å². The van der Waals surface area contributed by atoms with Gasteiger partial charge in [0, 0.05) is 55.8 Å². The van der Waals surface area contributed by atoms with E-state index < -0.39 is 5.41 Å². The van der Waals surface area contributed by atoms with Gasteiger partial charge in [-0.1, -0.05) is 5.11 Å². The number of ether oxygens (including phenoxy) is 3. The molecule has 0 aromatic carbocycles. The van der Waals surface area contributed by atoms with Crippen molar-refractivity contribution in [2.75, 3.05) is 85.5 Å². The van der Waals surface area contributed by atoms with Crippen LogP contribution in [0.3, 0.4) is 0 Å². The number of nitrogens with one attached hydrogen (secondary N) is 3. The van der Waals surface area contributed by atoms with Gasteiger partial charge in [0.15, 0.2) is 0 Å². The fraction of sp³-hybridized carbons (Fsp3) is 0.870. The lowest BCUT2D eigenvalue weighted by molar-refractivity contribution is -0.123. The molecule has 0 spiro atoms.